The van der Waals surface area contributed by atoms with E-state index < -0.39 is 6.10 Å². The van der Waals surface area contributed by atoms with E-state index in [1.165, 1.54) is 0 Å². The first-order valence-electron chi connectivity index (χ1n) is 2.73. The Bertz CT molecular complexity index is 35.9. The highest BCUT2D eigenvalue weighted by Crippen LogP contribution is 1.71. The zero-order chi connectivity index (χ0) is 7.70. The van der Waals surface area contributed by atoms with E-state index in [0.29, 0.717) is 0 Å². The topological polar surface area (TPSA) is 80.9 Å². The van der Waals surface area contributed by atoms with Crippen molar-refractivity contribution in [3.8, 4) is 0 Å². The first-order chi connectivity index (χ1) is 4.22. The second-order valence-electron chi connectivity index (χ2n) is 1.34. The van der Waals surface area contributed by atoms with Crippen molar-refractivity contribution >= 4 is 0 Å². The van der Waals surface area contributed by atoms with Crippen LogP contribution in [0.1, 0.15) is 6.92 Å². The molecule has 4 nitrogen and oxygen atoms in total. The molecule has 0 unspecified atom stereocenters. The molecule has 4 N–H and O–H groups in total. The van der Waals surface area contributed by atoms with Crippen LogP contribution >= 0.6 is 0 Å². The summed E-state index contributed by atoms with van der Waals surface area (Å²) in [7, 11) is 0. The minimum atomic E-state index is -0.954. The van der Waals surface area contributed by atoms with Gasteiger partial charge in [0.2, 0.25) is 0 Å². The zero-order valence-electron chi connectivity index (χ0n) is 5.49. The number of rotatable bonds is 2. The molecule has 0 radical (unpaired) electrons. The molecule has 0 heterocycles. The largest absolute Gasteiger partial charge is 0.397 e. The van der Waals surface area contributed by atoms with Gasteiger partial charge in [0, 0.05) is 6.61 Å². The Hall–Kier alpha value is -0.160. The molecule has 0 aliphatic carbocycles. The monoisotopic (exact) mass is 138 g/mol. The second-order valence-corrected chi connectivity index (χ2v) is 1.34. The average molecular weight is 138 g/mol. The first kappa shape index (κ1) is 11.6. The Labute approximate surface area is 54.4 Å². The van der Waals surface area contributed by atoms with E-state index in [9.17, 15) is 0 Å². The fourth-order valence-corrected chi connectivity index (χ4v) is 0.0577. The lowest BCUT2D eigenvalue weighted by Crippen LogP contribution is -2.15. The molecule has 0 aliphatic rings. The number of aliphatic hydroxyl groups excluding tert-OH is 4. The van der Waals surface area contributed by atoms with Crippen molar-refractivity contribution in [2.24, 2.45) is 0 Å². The van der Waals surface area contributed by atoms with Gasteiger partial charge < -0.3 is 20.4 Å². The quantitative estimate of drug-likeness (QED) is 0.368. The third-order valence-electron chi connectivity index (χ3n) is 0.421. The van der Waals surface area contributed by atoms with Crippen molar-refractivity contribution in [2.45, 2.75) is 13.0 Å². The summed E-state index contributed by atoms with van der Waals surface area (Å²) in [5.74, 6) is 0. The van der Waals surface area contributed by atoms with Gasteiger partial charge in [-0.15, -0.1) is 0 Å². The Balaban J connectivity index is 0. The molecule has 0 aromatic carbocycles. The lowest BCUT2D eigenvalue weighted by Gasteiger charge is -1.96. The van der Waals surface area contributed by atoms with Crippen LogP contribution in [-0.4, -0.2) is 46.4 Å². The van der Waals surface area contributed by atoms with Crippen LogP contribution in [0, 0.1) is 0 Å². The van der Waals surface area contributed by atoms with Crippen LogP contribution in [0.15, 0.2) is 0 Å². The maximum absolute atomic E-state index is 8.17. The summed E-state index contributed by atoms with van der Waals surface area (Å²) in [4.78, 5) is 0. The predicted octanol–water partition coefficient (Wildman–Crippen LogP) is -1.67. The van der Waals surface area contributed by atoms with Gasteiger partial charge in [-0.3, -0.25) is 0 Å². The summed E-state index contributed by atoms with van der Waals surface area (Å²) >= 11 is 0. The van der Waals surface area contributed by atoms with Gasteiger partial charge in [0.05, 0.1) is 13.2 Å². The Morgan fingerprint density at radius 2 is 1.33 bits per heavy atom. The molecule has 0 spiro atoms. The molecule has 0 fully saturated rings. The Kier molecular flexibility index (Phi) is 13.9. The van der Waals surface area contributed by atoms with E-state index in [2.05, 4.69) is 0 Å². The molecular weight excluding hydrogens is 124 g/mol. The van der Waals surface area contributed by atoms with Crippen LogP contribution in [0.3, 0.4) is 0 Å². The molecule has 58 valence electrons. The lowest BCUT2D eigenvalue weighted by molar-refractivity contribution is 0.0450. The van der Waals surface area contributed by atoms with Gasteiger partial charge in [-0.05, 0) is 6.92 Å². The third-order valence-corrected chi connectivity index (χ3v) is 0.421. The summed E-state index contributed by atoms with van der Waals surface area (Å²) in [6.45, 7) is 1.20. The molecule has 0 atom stereocenters. The van der Waals surface area contributed by atoms with Crippen LogP contribution < -0.4 is 0 Å². The highest BCUT2D eigenvalue weighted by atomic mass is 16.3. The van der Waals surface area contributed by atoms with Gasteiger partial charge in [-0.2, -0.15) is 0 Å². The highest BCUT2D eigenvalue weighted by Gasteiger charge is 1.93. The molecule has 0 bridgehead atoms. The zero-order valence-corrected chi connectivity index (χ0v) is 5.49. The Morgan fingerprint density at radius 1 is 1.11 bits per heavy atom. The Morgan fingerprint density at radius 3 is 1.33 bits per heavy atom. The molecule has 0 saturated carbocycles. The first-order valence-corrected chi connectivity index (χ1v) is 2.73. The van der Waals surface area contributed by atoms with Gasteiger partial charge in [0.25, 0.3) is 0 Å². The van der Waals surface area contributed by atoms with E-state index >= 15 is 0 Å². The van der Waals surface area contributed by atoms with E-state index in [1.54, 1.807) is 6.92 Å². The van der Waals surface area contributed by atoms with Gasteiger partial charge >= 0.3 is 0 Å². The van der Waals surface area contributed by atoms with Crippen molar-refractivity contribution < 1.29 is 20.4 Å². The molecule has 0 rings (SSSR count). The van der Waals surface area contributed by atoms with E-state index in [1.807, 2.05) is 0 Å². The number of hydrogen-bond donors (Lipinski definition) is 4. The summed E-state index contributed by atoms with van der Waals surface area (Å²) in [5.41, 5.74) is 0. The number of hydrogen-bond acceptors (Lipinski definition) is 4. The van der Waals surface area contributed by atoms with E-state index in [0.717, 1.165) is 0 Å². The van der Waals surface area contributed by atoms with Crippen LogP contribution in [-0.2, 0) is 0 Å². The standard InChI is InChI=1S/C3H8O3.C2H6O/c4-1-3(6)2-5;1-2-3/h3-6H,1-2H2;3H,2H2,1H3. The third kappa shape index (κ3) is 18.1. The SMILES string of the molecule is CCO.OCC(O)CO. The minimum Gasteiger partial charge on any atom is -0.397 e. The highest BCUT2D eigenvalue weighted by molar-refractivity contribution is 4.43. The van der Waals surface area contributed by atoms with Gasteiger partial charge in [-0.1, -0.05) is 0 Å². The van der Waals surface area contributed by atoms with E-state index in [4.69, 9.17) is 20.4 Å². The normalized spacial score (nSPS) is 8.67. The van der Waals surface area contributed by atoms with Crippen molar-refractivity contribution in [1.82, 2.24) is 0 Å². The van der Waals surface area contributed by atoms with Crippen LogP contribution in [0.25, 0.3) is 0 Å². The minimum absolute atomic E-state index is 0.250. The van der Waals surface area contributed by atoms with E-state index in [-0.39, 0.29) is 19.8 Å². The summed E-state index contributed by atoms with van der Waals surface area (Å²) in [5, 5.41) is 31.6. The molecule has 0 saturated heterocycles. The van der Waals surface area contributed by atoms with Crippen molar-refractivity contribution in [3.05, 3.63) is 0 Å². The summed E-state index contributed by atoms with van der Waals surface area (Å²) in [6.07, 6.45) is -0.954. The molecular formula is C5H14O4. The fourth-order valence-electron chi connectivity index (χ4n) is 0.0577. The van der Waals surface area contributed by atoms with Crippen molar-refractivity contribution in [3.63, 3.8) is 0 Å². The second kappa shape index (κ2) is 10.8. The van der Waals surface area contributed by atoms with Crippen molar-refractivity contribution in [1.29, 1.82) is 0 Å². The predicted molar refractivity (Wildman–Crippen MR) is 32.9 cm³/mol. The van der Waals surface area contributed by atoms with Gasteiger partial charge in [-0.25, -0.2) is 0 Å². The molecule has 4 heteroatoms. The number of aliphatic hydroxyl groups is 4. The van der Waals surface area contributed by atoms with Gasteiger partial charge in [0.15, 0.2) is 0 Å². The maximum atomic E-state index is 8.17. The summed E-state index contributed by atoms with van der Waals surface area (Å²) < 4.78 is 0. The molecule has 0 aromatic rings. The van der Waals surface area contributed by atoms with Crippen LogP contribution in [0.5, 0.6) is 0 Å². The maximum Gasteiger partial charge on any atom is 0.100 e. The molecule has 0 aliphatic heterocycles. The molecule has 0 amide bonds. The van der Waals surface area contributed by atoms with Crippen LogP contribution in [0.4, 0.5) is 0 Å². The molecule has 0 aromatic heterocycles. The summed E-state index contributed by atoms with van der Waals surface area (Å²) in [6, 6.07) is 0. The van der Waals surface area contributed by atoms with Crippen molar-refractivity contribution in [2.75, 3.05) is 19.8 Å². The van der Waals surface area contributed by atoms with Gasteiger partial charge in [0.1, 0.15) is 6.10 Å². The van der Waals surface area contributed by atoms with Crippen LogP contribution in [0.2, 0.25) is 0 Å². The molecule has 9 heavy (non-hydrogen) atoms. The fraction of sp³-hybridized carbons (Fsp3) is 1.00. The smallest absolute Gasteiger partial charge is 0.100 e. The lowest BCUT2D eigenvalue weighted by atomic mass is 10.4. The average Bonchev–Trinajstić information content (AvgIpc) is 1.88.